The summed E-state index contributed by atoms with van der Waals surface area (Å²) in [4.78, 5) is 4.97. The van der Waals surface area contributed by atoms with Crippen LogP contribution in [0.3, 0.4) is 0 Å². The first-order valence-electron chi connectivity index (χ1n) is 6.76. The highest BCUT2D eigenvalue weighted by atomic mass is 35.5. The van der Waals surface area contributed by atoms with E-state index in [4.69, 9.17) is 11.6 Å². The van der Waals surface area contributed by atoms with Crippen LogP contribution in [0.15, 0.2) is 29.2 Å². The molecule has 110 valence electrons. The minimum atomic E-state index is -3.48. The van der Waals surface area contributed by atoms with Gasteiger partial charge in [0, 0.05) is 50.3 Å². The van der Waals surface area contributed by atoms with Gasteiger partial charge in [0.15, 0.2) is 0 Å². The maximum absolute atomic E-state index is 12.2. The van der Waals surface area contributed by atoms with E-state index in [1.54, 1.807) is 18.2 Å². The quantitative estimate of drug-likeness (QED) is 0.885. The van der Waals surface area contributed by atoms with E-state index in [1.807, 2.05) is 0 Å². The number of halogens is 1. The Balaban J connectivity index is 1.65. The summed E-state index contributed by atoms with van der Waals surface area (Å²) in [7, 11) is -3.48. The molecule has 1 atom stereocenters. The predicted molar refractivity (Wildman–Crippen MR) is 78.4 cm³/mol. The lowest BCUT2D eigenvalue weighted by molar-refractivity contribution is 0.0158. The minimum Gasteiger partial charge on any atom is -0.299 e. The van der Waals surface area contributed by atoms with Crippen LogP contribution in [0.25, 0.3) is 0 Å². The molecule has 1 N–H and O–H groups in total. The molecule has 1 aromatic rings. The van der Waals surface area contributed by atoms with Crippen molar-refractivity contribution in [3.63, 3.8) is 0 Å². The largest absolute Gasteiger partial charge is 0.299 e. The van der Waals surface area contributed by atoms with Crippen molar-refractivity contribution in [3.8, 4) is 0 Å². The molecule has 1 aromatic carbocycles. The van der Waals surface area contributed by atoms with Crippen molar-refractivity contribution >= 4 is 21.6 Å². The SMILES string of the molecule is O=S(=O)(NCC1CN2CCN1CC2)c1cccc(Cl)c1. The van der Waals surface area contributed by atoms with Crippen LogP contribution in [-0.2, 0) is 10.0 Å². The van der Waals surface area contributed by atoms with Gasteiger partial charge in [-0.05, 0) is 18.2 Å². The van der Waals surface area contributed by atoms with Crippen LogP contribution >= 0.6 is 11.6 Å². The molecule has 0 radical (unpaired) electrons. The Morgan fingerprint density at radius 1 is 1.25 bits per heavy atom. The number of fused-ring (bicyclic) bond motifs is 3. The fourth-order valence-corrected chi connectivity index (χ4v) is 4.21. The van der Waals surface area contributed by atoms with Gasteiger partial charge in [0.1, 0.15) is 0 Å². The second-order valence-electron chi connectivity index (χ2n) is 5.30. The van der Waals surface area contributed by atoms with Crippen LogP contribution in [0, 0.1) is 0 Å². The van der Waals surface area contributed by atoms with Crippen LogP contribution < -0.4 is 4.72 Å². The van der Waals surface area contributed by atoms with Gasteiger partial charge in [-0.2, -0.15) is 0 Å². The molecule has 4 rings (SSSR count). The molecule has 0 saturated carbocycles. The summed E-state index contributed by atoms with van der Waals surface area (Å²) in [6, 6.07) is 6.62. The topological polar surface area (TPSA) is 52.7 Å². The highest BCUT2D eigenvalue weighted by Crippen LogP contribution is 2.17. The van der Waals surface area contributed by atoms with Gasteiger partial charge in [0.05, 0.1) is 4.90 Å². The van der Waals surface area contributed by atoms with Crippen LogP contribution in [0.1, 0.15) is 0 Å². The standard InChI is InChI=1S/C13H18ClN3O2S/c14-11-2-1-3-13(8-11)20(18,19)15-9-12-10-16-4-6-17(12)7-5-16/h1-3,8,12,15H,4-7,9-10H2. The van der Waals surface area contributed by atoms with E-state index in [-0.39, 0.29) is 10.9 Å². The Morgan fingerprint density at radius 3 is 2.60 bits per heavy atom. The van der Waals surface area contributed by atoms with Gasteiger partial charge in [-0.3, -0.25) is 9.80 Å². The molecule has 2 bridgehead atoms. The minimum absolute atomic E-state index is 0.223. The van der Waals surface area contributed by atoms with Gasteiger partial charge in [0.25, 0.3) is 0 Å². The van der Waals surface area contributed by atoms with Crippen molar-refractivity contribution in [3.05, 3.63) is 29.3 Å². The lowest BCUT2D eigenvalue weighted by Gasteiger charge is -2.47. The van der Waals surface area contributed by atoms with Crippen LogP contribution in [0.5, 0.6) is 0 Å². The molecule has 20 heavy (non-hydrogen) atoms. The average Bonchev–Trinajstić information content (AvgIpc) is 2.46. The molecule has 0 spiro atoms. The van der Waals surface area contributed by atoms with E-state index in [0.717, 1.165) is 32.7 Å². The number of nitrogens with one attached hydrogen (secondary N) is 1. The second-order valence-corrected chi connectivity index (χ2v) is 7.50. The lowest BCUT2D eigenvalue weighted by Crippen LogP contribution is -2.63. The third-order valence-corrected chi connectivity index (χ3v) is 5.66. The Kier molecular flexibility index (Phi) is 4.01. The zero-order valence-electron chi connectivity index (χ0n) is 11.1. The number of nitrogens with zero attached hydrogens (tertiary/aromatic N) is 2. The number of sulfonamides is 1. The van der Waals surface area contributed by atoms with Gasteiger partial charge in [0.2, 0.25) is 10.0 Å². The molecule has 3 aliphatic rings. The zero-order valence-corrected chi connectivity index (χ0v) is 12.7. The number of piperazine rings is 3. The Morgan fingerprint density at radius 2 is 2.00 bits per heavy atom. The van der Waals surface area contributed by atoms with Crippen LogP contribution in [0.4, 0.5) is 0 Å². The molecular formula is C13H18ClN3O2S. The van der Waals surface area contributed by atoms with E-state index in [2.05, 4.69) is 14.5 Å². The molecule has 5 nitrogen and oxygen atoms in total. The van der Waals surface area contributed by atoms with Crippen LogP contribution in [0.2, 0.25) is 5.02 Å². The fraction of sp³-hybridized carbons (Fsp3) is 0.538. The first-order chi connectivity index (χ1) is 9.54. The molecule has 1 unspecified atom stereocenters. The molecular weight excluding hydrogens is 298 g/mol. The third kappa shape index (κ3) is 2.99. The van der Waals surface area contributed by atoms with Crippen molar-refractivity contribution in [1.29, 1.82) is 0 Å². The summed E-state index contributed by atoms with van der Waals surface area (Å²) in [5.74, 6) is 0. The molecule has 0 aliphatic carbocycles. The van der Waals surface area contributed by atoms with Gasteiger partial charge in [-0.1, -0.05) is 17.7 Å². The van der Waals surface area contributed by atoms with E-state index < -0.39 is 10.0 Å². The van der Waals surface area contributed by atoms with Crippen molar-refractivity contribution in [2.75, 3.05) is 39.3 Å². The highest BCUT2D eigenvalue weighted by Gasteiger charge is 2.32. The molecule has 3 saturated heterocycles. The maximum atomic E-state index is 12.2. The molecule has 0 aromatic heterocycles. The number of hydrogen-bond acceptors (Lipinski definition) is 4. The van der Waals surface area contributed by atoms with Crippen molar-refractivity contribution < 1.29 is 8.42 Å². The average molecular weight is 316 g/mol. The van der Waals surface area contributed by atoms with Gasteiger partial charge < -0.3 is 0 Å². The molecule has 3 aliphatic heterocycles. The van der Waals surface area contributed by atoms with E-state index in [0.29, 0.717) is 11.6 Å². The maximum Gasteiger partial charge on any atom is 0.240 e. The van der Waals surface area contributed by atoms with Gasteiger partial charge in [-0.25, -0.2) is 13.1 Å². The molecule has 0 amide bonds. The molecule has 3 fully saturated rings. The van der Waals surface area contributed by atoms with E-state index in [9.17, 15) is 8.42 Å². The van der Waals surface area contributed by atoms with Crippen molar-refractivity contribution in [2.24, 2.45) is 0 Å². The fourth-order valence-electron chi connectivity index (χ4n) is 2.84. The lowest BCUT2D eigenvalue weighted by atomic mass is 10.1. The van der Waals surface area contributed by atoms with Crippen LogP contribution in [-0.4, -0.2) is 63.5 Å². The second kappa shape index (κ2) is 5.61. The first-order valence-corrected chi connectivity index (χ1v) is 8.62. The predicted octanol–water partition coefficient (Wildman–Crippen LogP) is 0.618. The monoisotopic (exact) mass is 315 g/mol. The Hall–Kier alpha value is -0.660. The normalized spacial score (nSPS) is 29.6. The van der Waals surface area contributed by atoms with Gasteiger partial charge in [-0.15, -0.1) is 0 Å². The zero-order chi connectivity index (χ0) is 14.2. The first kappa shape index (κ1) is 14.3. The third-order valence-electron chi connectivity index (χ3n) is 4.01. The summed E-state index contributed by atoms with van der Waals surface area (Å²) in [5, 5.41) is 0.430. The van der Waals surface area contributed by atoms with E-state index >= 15 is 0 Å². The van der Waals surface area contributed by atoms with Crippen molar-refractivity contribution in [2.45, 2.75) is 10.9 Å². The highest BCUT2D eigenvalue weighted by molar-refractivity contribution is 7.89. The molecule has 3 heterocycles. The van der Waals surface area contributed by atoms with E-state index in [1.165, 1.54) is 6.07 Å². The summed E-state index contributed by atoms with van der Waals surface area (Å²) in [6.45, 7) is 5.64. The smallest absolute Gasteiger partial charge is 0.240 e. The Bertz CT molecular complexity index is 585. The summed E-state index contributed by atoms with van der Waals surface area (Å²) < 4.78 is 27.2. The molecule has 7 heteroatoms. The van der Waals surface area contributed by atoms with Crippen molar-refractivity contribution in [1.82, 2.24) is 14.5 Å². The Labute approximate surface area is 124 Å². The number of benzene rings is 1. The summed E-state index contributed by atoms with van der Waals surface area (Å²) >= 11 is 5.84. The summed E-state index contributed by atoms with van der Waals surface area (Å²) in [5.41, 5.74) is 0. The number of rotatable bonds is 4. The number of hydrogen-bond donors (Lipinski definition) is 1. The summed E-state index contributed by atoms with van der Waals surface area (Å²) in [6.07, 6.45) is 0. The van der Waals surface area contributed by atoms with Gasteiger partial charge >= 0.3 is 0 Å².